The molecule has 2 saturated heterocycles. The van der Waals surface area contributed by atoms with E-state index >= 15 is 0 Å². The van der Waals surface area contributed by atoms with Crippen molar-refractivity contribution in [3.63, 3.8) is 0 Å². The fourth-order valence-corrected chi connectivity index (χ4v) is 3.48. The first kappa shape index (κ1) is 23.1. The fraction of sp³-hybridized carbons (Fsp3) is 0.667. The van der Waals surface area contributed by atoms with E-state index in [-0.39, 0.29) is 0 Å². The van der Waals surface area contributed by atoms with Gasteiger partial charge in [-0.1, -0.05) is 12.1 Å². The molecule has 0 radical (unpaired) electrons. The molecule has 2 fully saturated rings. The molecule has 0 spiro atoms. The van der Waals surface area contributed by atoms with Gasteiger partial charge in [-0.25, -0.2) is 0 Å². The fourth-order valence-electron chi connectivity index (χ4n) is 3.48. The number of aliphatic hydroxyl groups is 8. The highest BCUT2D eigenvalue weighted by Crippen LogP contribution is 2.30. The van der Waals surface area contributed by atoms with Crippen LogP contribution in [0.5, 0.6) is 0 Å². The second-order valence-corrected chi connectivity index (χ2v) is 7.33. The molecule has 2 aliphatic rings. The van der Waals surface area contributed by atoms with Crippen molar-refractivity contribution in [2.75, 3.05) is 23.8 Å². The van der Waals surface area contributed by atoms with Gasteiger partial charge in [0, 0.05) is 0 Å². The molecule has 2 heterocycles. The Labute approximate surface area is 171 Å². The molecule has 0 unspecified atom stereocenters. The number of hydrogen-bond acceptors (Lipinski definition) is 12. The zero-order chi connectivity index (χ0) is 22.0. The molecule has 10 N–H and O–H groups in total. The van der Waals surface area contributed by atoms with Crippen LogP contribution in [-0.2, 0) is 9.47 Å². The van der Waals surface area contributed by atoms with Crippen molar-refractivity contribution >= 4 is 11.4 Å². The number of ether oxygens (including phenoxy) is 2. The third kappa shape index (κ3) is 4.53. The number of hydrogen-bond donors (Lipinski definition) is 10. The number of benzene rings is 1. The zero-order valence-corrected chi connectivity index (χ0v) is 15.9. The summed E-state index contributed by atoms with van der Waals surface area (Å²) in [4.78, 5) is 0. The number of aliphatic hydroxyl groups excluding tert-OH is 8. The van der Waals surface area contributed by atoms with Crippen molar-refractivity contribution in [1.82, 2.24) is 0 Å². The Hall–Kier alpha value is -1.58. The number of rotatable bonds is 6. The van der Waals surface area contributed by atoms with Crippen LogP contribution in [0.3, 0.4) is 0 Å². The molecule has 0 aromatic heterocycles. The topological polar surface area (TPSA) is 204 Å². The third-order valence-corrected chi connectivity index (χ3v) is 5.31. The maximum absolute atomic E-state index is 10.2. The van der Waals surface area contributed by atoms with E-state index in [2.05, 4.69) is 10.6 Å². The van der Waals surface area contributed by atoms with E-state index in [1.165, 1.54) is 0 Å². The summed E-state index contributed by atoms with van der Waals surface area (Å²) in [6, 6.07) is 6.50. The average molecular weight is 432 g/mol. The second-order valence-electron chi connectivity index (χ2n) is 7.33. The Morgan fingerprint density at radius 1 is 0.600 bits per heavy atom. The van der Waals surface area contributed by atoms with Gasteiger partial charge in [-0.3, -0.25) is 0 Å². The predicted octanol–water partition coefficient (Wildman–Crippen LogP) is -3.89. The van der Waals surface area contributed by atoms with Crippen LogP contribution >= 0.6 is 0 Å². The third-order valence-electron chi connectivity index (χ3n) is 5.31. The van der Waals surface area contributed by atoms with Crippen molar-refractivity contribution in [3.8, 4) is 0 Å². The van der Waals surface area contributed by atoms with Gasteiger partial charge in [-0.2, -0.15) is 0 Å². The number of nitrogens with one attached hydrogen (secondary N) is 2. The van der Waals surface area contributed by atoms with Crippen LogP contribution in [0.25, 0.3) is 0 Å². The van der Waals surface area contributed by atoms with Crippen molar-refractivity contribution in [2.45, 2.75) is 61.3 Å². The van der Waals surface area contributed by atoms with Gasteiger partial charge in [0.2, 0.25) is 0 Å². The molecule has 170 valence electrons. The molecular weight excluding hydrogens is 404 g/mol. The highest BCUT2D eigenvalue weighted by atomic mass is 16.6. The monoisotopic (exact) mass is 432 g/mol. The molecule has 3 rings (SSSR count). The highest BCUT2D eigenvalue weighted by molar-refractivity contribution is 5.69. The Kier molecular flexibility index (Phi) is 7.47. The first-order valence-corrected chi connectivity index (χ1v) is 9.51. The number of para-hydroxylation sites is 2. The standard InChI is InChI=1S/C18H28N2O10/c21-5-9-11(23)13(25)15(27)17(29-9)19-7-3-1-2-4-8(7)20-18-16(28)14(26)12(24)10(6-22)30-18/h1-4,9-28H,5-6H2/t9-,10-,11+,12+,13-,14+,15-,16-,17-,18+/m0/s1. The summed E-state index contributed by atoms with van der Waals surface area (Å²) in [6.07, 6.45) is -13.7. The first-order chi connectivity index (χ1) is 14.3. The predicted molar refractivity (Wildman–Crippen MR) is 101 cm³/mol. The lowest BCUT2D eigenvalue weighted by molar-refractivity contribution is -0.222. The summed E-state index contributed by atoms with van der Waals surface area (Å²) in [5.41, 5.74) is 0.692. The van der Waals surface area contributed by atoms with E-state index in [9.17, 15) is 40.9 Å². The quantitative estimate of drug-likeness (QED) is 0.210. The molecule has 0 amide bonds. The van der Waals surface area contributed by atoms with Crippen LogP contribution in [0, 0.1) is 0 Å². The largest absolute Gasteiger partial charge is 0.394 e. The summed E-state index contributed by atoms with van der Waals surface area (Å²) in [5, 5.41) is 84.4. The van der Waals surface area contributed by atoms with Gasteiger partial charge in [-0.05, 0) is 12.1 Å². The average Bonchev–Trinajstić information content (AvgIpc) is 2.75. The van der Waals surface area contributed by atoms with Crippen LogP contribution in [0.4, 0.5) is 11.4 Å². The lowest BCUT2D eigenvalue weighted by atomic mass is 9.98. The Balaban J connectivity index is 1.76. The minimum atomic E-state index is -1.56. The Morgan fingerprint density at radius 3 is 1.30 bits per heavy atom. The van der Waals surface area contributed by atoms with E-state index in [0.29, 0.717) is 11.4 Å². The Morgan fingerprint density at radius 2 is 0.967 bits per heavy atom. The maximum atomic E-state index is 10.2. The molecule has 0 bridgehead atoms. The smallest absolute Gasteiger partial charge is 0.157 e. The van der Waals surface area contributed by atoms with Gasteiger partial charge in [0.25, 0.3) is 0 Å². The van der Waals surface area contributed by atoms with Gasteiger partial charge in [0.1, 0.15) is 48.8 Å². The molecule has 0 saturated carbocycles. The zero-order valence-electron chi connectivity index (χ0n) is 15.9. The maximum Gasteiger partial charge on any atom is 0.157 e. The molecule has 0 aliphatic carbocycles. The Bertz CT molecular complexity index is 636. The molecule has 12 nitrogen and oxygen atoms in total. The van der Waals surface area contributed by atoms with Crippen LogP contribution in [0.2, 0.25) is 0 Å². The van der Waals surface area contributed by atoms with E-state index in [1.807, 2.05) is 0 Å². The lowest BCUT2D eigenvalue weighted by Crippen LogP contribution is -2.61. The van der Waals surface area contributed by atoms with Gasteiger partial charge in [0.15, 0.2) is 12.5 Å². The van der Waals surface area contributed by atoms with Crippen molar-refractivity contribution in [3.05, 3.63) is 24.3 Å². The normalized spacial score (nSPS) is 42.0. The van der Waals surface area contributed by atoms with Crippen LogP contribution in [-0.4, -0.2) is 115 Å². The van der Waals surface area contributed by atoms with Gasteiger partial charge >= 0.3 is 0 Å². The SMILES string of the molecule is OC[C@@H]1O[C@@H](Nc2ccccc2N[C@H]2O[C@@H](CO)[C@@H](O)[C@H](O)[C@@H]2O)[C@@H](O)[C@H](O)[C@@H]1O. The van der Waals surface area contributed by atoms with E-state index < -0.39 is 74.5 Å². The van der Waals surface area contributed by atoms with Gasteiger partial charge < -0.3 is 61.0 Å². The minimum Gasteiger partial charge on any atom is -0.394 e. The van der Waals surface area contributed by atoms with Crippen LogP contribution in [0.1, 0.15) is 0 Å². The van der Waals surface area contributed by atoms with Gasteiger partial charge in [-0.15, -0.1) is 0 Å². The van der Waals surface area contributed by atoms with Crippen LogP contribution in [0.15, 0.2) is 24.3 Å². The molecule has 12 heteroatoms. The molecule has 2 aliphatic heterocycles. The molecule has 1 aromatic rings. The molecule has 1 aromatic carbocycles. The summed E-state index contributed by atoms with van der Waals surface area (Å²) in [6.45, 7) is -1.15. The second kappa shape index (κ2) is 9.70. The van der Waals surface area contributed by atoms with Crippen molar-refractivity contribution in [2.24, 2.45) is 0 Å². The molecule has 30 heavy (non-hydrogen) atoms. The molecular formula is C18H28N2O10. The highest BCUT2D eigenvalue weighted by Gasteiger charge is 2.45. The van der Waals surface area contributed by atoms with Crippen molar-refractivity contribution in [1.29, 1.82) is 0 Å². The lowest BCUT2D eigenvalue weighted by Gasteiger charge is -2.42. The van der Waals surface area contributed by atoms with E-state index in [0.717, 1.165) is 0 Å². The van der Waals surface area contributed by atoms with Gasteiger partial charge in [0.05, 0.1) is 24.6 Å². The van der Waals surface area contributed by atoms with E-state index in [1.54, 1.807) is 24.3 Å². The van der Waals surface area contributed by atoms with Crippen molar-refractivity contribution < 1.29 is 50.3 Å². The summed E-state index contributed by atoms with van der Waals surface area (Å²) >= 11 is 0. The summed E-state index contributed by atoms with van der Waals surface area (Å²) in [7, 11) is 0. The summed E-state index contributed by atoms with van der Waals surface area (Å²) < 4.78 is 10.9. The summed E-state index contributed by atoms with van der Waals surface area (Å²) in [5.74, 6) is 0. The number of anilines is 2. The van der Waals surface area contributed by atoms with Crippen LogP contribution < -0.4 is 10.6 Å². The van der Waals surface area contributed by atoms with E-state index in [4.69, 9.17) is 9.47 Å². The first-order valence-electron chi connectivity index (χ1n) is 9.51. The molecule has 10 atom stereocenters. The minimum absolute atomic E-state index is 0.346.